The van der Waals surface area contributed by atoms with Gasteiger partial charge in [-0.25, -0.2) is 0 Å². The number of rotatable bonds is 9. The molecule has 0 spiro atoms. The van der Waals surface area contributed by atoms with Crippen molar-refractivity contribution in [2.24, 2.45) is 4.99 Å². The summed E-state index contributed by atoms with van der Waals surface area (Å²) >= 11 is 0. The third-order valence-electron chi connectivity index (χ3n) is 4.61. The van der Waals surface area contributed by atoms with Crippen molar-refractivity contribution in [2.45, 2.75) is 25.8 Å². The van der Waals surface area contributed by atoms with Crippen LogP contribution in [0.4, 0.5) is 0 Å². The lowest BCUT2D eigenvalue weighted by Crippen LogP contribution is -2.42. The van der Waals surface area contributed by atoms with Gasteiger partial charge in [0.2, 0.25) is 0 Å². The first-order valence-corrected chi connectivity index (χ1v) is 9.71. The summed E-state index contributed by atoms with van der Waals surface area (Å²) in [5, 5.41) is 6.81. The van der Waals surface area contributed by atoms with Gasteiger partial charge >= 0.3 is 0 Å². The van der Waals surface area contributed by atoms with E-state index >= 15 is 0 Å². The number of nitrogens with zero attached hydrogens (tertiary/aromatic N) is 3. The van der Waals surface area contributed by atoms with Gasteiger partial charge in [-0.3, -0.25) is 4.99 Å². The van der Waals surface area contributed by atoms with Crippen LogP contribution in [0, 0.1) is 0 Å². The van der Waals surface area contributed by atoms with Gasteiger partial charge in [0.15, 0.2) is 5.96 Å². The molecule has 27 heavy (non-hydrogen) atoms. The van der Waals surface area contributed by atoms with Gasteiger partial charge in [0.05, 0.1) is 0 Å². The van der Waals surface area contributed by atoms with Crippen LogP contribution in [0.5, 0.6) is 5.75 Å². The molecule has 0 radical (unpaired) electrons. The first-order valence-electron chi connectivity index (χ1n) is 9.71. The van der Waals surface area contributed by atoms with E-state index in [4.69, 9.17) is 4.74 Å². The van der Waals surface area contributed by atoms with Gasteiger partial charge in [0.1, 0.15) is 12.4 Å². The van der Waals surface area contributed by atoms with Crippen molar-refractivity contribution in [3.8, 4) is 5.75 Å². The molecule has 0 bridgehead atoms. The first kappa shape index (κ1) is 24.0. The van der Waals surface area contributed by atoms with Gasteiger partial charge in [-0.2, -0.15) is 0 Å². The Bertz CT molecular complexity index is 547. The second kappa shape index (κ2) is 14.0. The number of aliphatic imine (C=N–C) groups is 1. The van der Waals surface area contributed by atoms with E-state index in [1.54, 1.807) is 0 Å². The lowest BCUT2D eigenvalue weighted by atomic mass is 10.1. The van der Waals surface area contributed by atoms with Crippen LogP contribution in [0.15, 0.2) is 29.3 Å². The molecule has 7 heteroatoms. The molecule has 1 aliphatic rings. The molecule has 154 valence electrons. The number of guanidine groups is 1. The normalized spacial score (nSPS) is 15.3. The van der Waals surface area contributed by atoms with Gasteiger partial charge in [-0.1, -0.05) is 24.6 Å². The van der Waals surface area contributed by atoms with Gasteiger partial charge < -0.3 is 25.2 Å². The molecule has 0 amide bonds. The number of halogens is 1. The molecule has 0 aromatic heterocycles. The SMILES string of the molecule is CN=C(NCCN1CCCCC1)NCc1ccccc1OCCN(C)C.I. The highest BCUT2D eigenvalue weighted by molar-refractivity contribution is 14.0. The summed E-state index contributed by atoms with van der Waals surface area (Å²) < 4.78 is 5.93. The third kappa shape index (κ3) is 9.62. The summed E-state index contributed by atoms with van der Waals surface area (Å²) in [4.78, 5) is 8.97. The van der Waals surface area contributed by atoms with E-state index in [2.05, 4.69) is 45.6 Å². The fraction of sp³-hybridized carbons (Fsp3) is 0.650. The number of likely N-dealkylation sites (tertiary alicyclic amines) is 1. The number of ether oxygens (including phenoxy) is 1. The summed E-state index contributed by atoms with van der Waals surface area (Å²) in [6, 6.07) is 8.18. The standard InChI is InChI=1S/C20H35N5O.HI/c1-21-20(22-11-14-25-12-7-4-8-13-25)23-17-18-9-5-6-10-19(18)26-16-15-24(2)3;/h5-6,9-10H,4,7-8,11-17H2,1-3H3,(H2,21,22,23);1H. The largest absolute Gasteiger partial charge is 0.492 e. The molecule has 1 aromatic rings. The number of hydrogen-bond acceptors (Lipinski definition) is 4. The number of hydrogen-bond donors (Lipinski definition) is 2. The van der Waals surface area contributed by atoms with Crippen LogP contribution >= 0.6 is 24.0 Å². The predicted octanol–water partition coefficient (Wildman–Crippen LogP) is 2.40. The van der Waals surface area contributed by atoms with Crippen LogP contribution in [0.1, 0.15) is 24.8 Å². The molecule has 0 saturated carbocycles. The number of benzene rings is 1. The second-order valence-electron chi connectivity index (χ2n) is 7.01. The number of para-hydroxylation sites is 1. The molecule has 6 nitrogen and oxygen atoms in total. The maximum Gasteiger partial charge on any atom is 0.191 e. The molecule has 0 atom stereocenters. The number of likely N-dealkylation sites (N-methyl/N-ethyl adjacent to an activating group) is 1. The van der Waals surface area contributed by atoms with Crippen LogP contribution < -0.4 is 15.4 Å². The quantitative estimate of drug-likeness (QED) is 0.317. The summed E-state index contributed by atoms with van der Waals surface area (Å²) in [5.41, 5.74) is 1.14. The molecular weight excluding hydrogens is 453 g/mol. The average molecular weight is 489 g/mol. The van der Waals surface area contributed by atoms with Gasteiger partial charge in [0.25, 0.3) is 0 Å². The molecule has 2 N–H and O–H groups in total. The molecule has 1 saturated heterocycles. The molecular formula is C20H36IN5O. The van der Waals surface area contributed by atoms with Crippen LogP contribution in [0.2, 0.25) is 0 Å². The highest BCUT2D eigenvalue weighted by Crippen LogP contribution is 2.17. The average Bonchev–Trinajstić information content (AvgIpc) is 2.66. The van der Waals surface area contributed by atoms with Crippen LogP contribution in [-0.4, -0.2) is 76.2 Å². The van der Waals surface area contributed by atoms with E-state index in [9.17, 15) is 0 Å². The maximum absolute atomic E-state index is 5.93. The zero-order valence-electron chi connectivity index (χ0n) is 17.0. The molecule has 2 rings (SSSR count). The predicted molar refractivity (Wildman–Crippen MR) is 124 cm³/mol. The minimum Gasteiger partial charge on any atom is -0.492 e. The highest BCUT2D eigenvalue weighted by Gasteiger charge is 2.10. The van der Waals surface area contributed by atoms with Gasteiger partial charge in [0, 0.05) is 38.8 Å². The van der Waals surface area contributed by atoms with Gasteiger partial charge in [-0.05, 0) is 46.1 Å². The minimum absolute atomic E-state index is 0. The molecule has 1 heterocycles. The third-order valence-corrected chi connectivity index (χ3v) is 4.61. The summed E-state index contributed by atoms with van der Waals surface area (Å²) in [7, 11) is 5.92. The van der Waals surface area contributed by atoms with Crippen molar-refractivity contribution in [1.29, 1.82) is 0 Å². The van der Waals surface area contributed by atoms with E-state index in [1.807, 2.05) is 25.2 Å². The van der Waals surface area contributed by atoms with E-state index < -0.39 is 0 Å². The Labute approximate surface area is 181 Å². The minimum atomic E-state index is 0. The molecule has 1 aromatic carbocycles. The monoisotopic (exact) mass is 489 g/mol. The second-order valence-corrected chi connectivity index (χ2v) is 7.01. The van der Waals surface area contributed by atoms with E-state index in [0.717, 1.165) is 36.9 Å². The van der Waals surface area contributed by atoms with Crippen molar-refractivity contribution >= 4 is 29.9 Å². The smallest absolute Gasteiger partial charge is 0.191 e. The zero-order chi connectivity index (χ0) is 18.6. The van der Waals surface area contributed by atoms with Crippen molar-refractivity contribution < 1.29 is 4.74 Å². The van der Waals surface area contributed by atoms with Crippen molar-refractivity contribution in [3.05, 3.63) is 29.8 Å². The molecule has 0 unspecified atom stereocenters. The Hall–Kier alpha value is -1.06. The highest BCUT2D eigenvalue weighted by atomic mass is 127. The molecule has 0 aliphatic carbocycles. The van der Waals surface area contributed by atoms with Crippen LogP contribution in [0.25, 0.3) is 0 Å². The molecule has 1 aliphatic heterocycles. The summed E-state index contributed by atoms with van der Waals surface area (Å²) in [5.74, 6) is 1.77. The molecule has 1 fully saturated rings. The fourth-order valence-electron chi connectivity index (χ4n) is 3.04. The van der Waals surface area contributed by atoms with Crippen molar-refractivity contribution in [1.82, 2.24) is 20.4 Å². The van der Waals surface area contributed by atoms with Gasteiger partial charge in [-0.15, -0.1) is 24.0 Å². The maximum atomic E-state index is 5.93. The Morgan fingerprint density at radius 3 is 2.59 bits per heavy atom. The van der Waals surface area contributed by atoms with Crippen molar-refractivity contribution in [3.63, 3.8) is 0 Å². The Kier molecular flexibility index (Phi) is 12.4. The lowest BCUT2D eigenvalue weighted by Gasteiger charge is -2.26. The van der Waals surface area contributed by atoms with E-state index in [-0.39, 0.29) is 24.0 Å². The topological polar surface area (TPSA) is 52.1 Å². The summed E-state index contributed by atoms with van der Waals surface area (Å²) in [6.07, 6.45) is 4.04. The summed E-state index contributed by atoms with van der Waals surface area (Å²) in [6.45, 7) is 6.73. The Morgan fingerprint density at radius 1 is 1.15 bits per heavy atom. The van der Waals surface area contributed by atoms with Crippen LogP contribution in [-0.2, 0) is 6.54 Å². The fourth-order valence-corrected chi connectivity index (χ4v) is 3.04. The first-order chi connectivity index (χ1) is 12.7. The lowest BCUT2D eigenvalue weighted by molar-refractivity contribution is 0.232. The Morgan fingerprint density at radius 2 is 1.89 bits per heavy atom. The van der Waals surface area contributed by atoms with E-state index in [0.29, 0.717) is 13.2 Å². The van der Waals surface area contributed by atoms with Crippen molar-refractivity contribution in [2.75, 3.05) is 60.5 Å². The van der Waals surface area contributed by atoms with Crippen LogP contribution in [0.3, 0.4) is 0 Å². The number of piperidine rings is 1. The zero-order valence-corrected chi connectivity index (χ0v) is 19.4. The number of nitrogens with one attached hydrogen (secondary N) is 2. The van der Waals surface area contributed by atoms with E-state index in [1.165, 1.54) is 32.4 Å². The Balaban J connectivity index is 0.00000364.